The van der Waals surface area contributed by atoms with E-state index >= 15 is 0 Å². The van der Waals surface area contributed by atoms with E-state index in [1.54, 1.807) is 19.1 Å². The van der Waals surface area contributed by atoms with Gasteiger partial charge in [0.1, 0.15) is 13.2 Å². The lowest BCUT2D eigenvalue weighted by molar-refractivity contribution is -0.147. The van der Waals surface area contributed by atoms with Gasteiger partial charge in [-0.15, -0.1) is 0 Å². The van der Waals surface area contributed by atoms with Gasteiger partial charge in [0.2, 0.25) is 11.8 Å². The molecule has 1 heterocycles. The van der Waals surface area contributed by atoms with Crippen LogP contribution < -0.4 is 15.2 Å². The summed E-state index contributed by atoms with van der Waals surface area (Å²) in [6.07, 6.45) is 1.87. The topological polar surface area (TPSA) is 132 Å². The van der Waals surface area contributed by atoms with Crippen LogP contribution in [0.1, 0.15) is 37.8 Å². The zero-order chi connectivity index (χ0) is 23.7. The number of amides is 2. The molecule has 178 valence electrons. The Hall–Kier alpha value is -2.85. The number of methoxy groups -OCH3 is 2. The number of piperazine rings is 1. The normalized spacial score (nSPS) is 17.6. The number of hydrogen-bond acceptors (Lipinski definition) is 7. The van der Waals surface area contributed by atoms with Crippen LogP contribution in [-0.2, 0) is 19.1 Å². The maximum Gasteiger partial charge on any atom is 0.329 e. The van der Waals surface area contributed by atoms with E-state index in [1.807, 2.05) is 18.2 Å². The highest BCUT2D eigenvalue weighted by Gasteiger charge is 2.35. The number of carboxylic acid groups (broad SMARTS) is 1. The van der Waals surface area contributed by atoms with Crippen molar-refractivity contribution in [2.75, 3.05) is 47.1 Å². The summed E-state index contributed by atoms with van der Waals surface area (Å²) in [6, 6.07) is 5.52. The van der Waals surface area contributed by atoms with Gasteiger partial charge in [-0.1, -0.05) is 19.4 Å². The molecule has 1 aliphatic heterocycles. The number of benzene rings is 1. The number of nitrogens with two attached hydrogens (primary N) is 1. The van der Waals surface area contributed by atoms with E-state index in [0.717, 1.165) is 18.4 Å². The molecule has 32 heavy (non-hydrogen) atoms. The minimum atomic E-state index is -1.13. The van der Waals surface area contributed by atoms with Gasteiger partial charge in [0.15, 0.2) is 11.5 Å². The lowest BCUT2D eigenvalue weighted by Gasteiger charge is -2.45. The Kier molecular flexibility index (Phi) is 9.73. The molecule has 10 nitrogen and oxygen atoms in total. The van der Waals surface area contributed by atoms with Gasteiger partial charge >= 0.3 is 5.97 Å². The van der Waals surface area contributed by atoms with Gasteiger partial charge in [-0.3, -0.25) is 14.5 Å². The first-order valence-electron chi connectivity index (χ1n) is 10.6. The van der Waals surface area contributed by atoms with E-state index < -0.39 is 18.5 Å². The standard InChI is InChI=1S/C22H33N3O7/c1-4-5-17(15-6-7-18(30-2)19(10-15)31-3)25-9-8-24(12-16(25)11-20(23)26)21(27)13-32-14-22(28)29/h6-7,10,16-17H,4-5,8-9,11-14H2,1-3H3,(H2,23,26)(H,28,29). The minimum Gasteiger partial charge on any atom is -0.493 e. The second kappa shape index (κ2) is 12.3. The number of hydrogen-bond donors (Lipinski definition) is 2. The van der Waals surface area contributed by atoms with Crippen molar-refractivity contribution >= 4 is 17.8 Å². The highest BCUT2D eigenvalue weighted by molar-refractivity contribution is 5.78. The Morgan fingerprint density at radius 1 is 1.16 bits per heavy atom. The summed E-state index contributed by atoms with van der Waals surface area (Å²) in [7, 11) is 3.17. The first kappa shape index (κ1) is 25.4. The summed E-state index contributed by atoms with van der Waals surface area (Å²) in [4.78, 5) is 38.7. The van der Waals surface area contributed by atoms with Gasteiger partial charge in [0.25, 0.3) is 0 Å². The molecule has 3 N–H and O–H groups in total. The Balaban J connectivity index is 2.23. The van der Waals surface area contributed by atoms with E-state index in [1.165, 1.54) is 0 Å². The van der Waals surface area contributed by atoms with E-state index in [4.69, 9.17) is 25.1 Å². The zero-order valence-electron chi connectivity index (χ0n) is 18.9. The van der Waals surface area contributed by atoms with Gasteiger partial charge < -0.3 is 30.0 Å². The van der Waals surface area contributed by atoms with Gasteiger partial charge in [0.05, 0.1) is 14.2 Å². The zero-order valence-corrected chi connectivity index (χ0v) is 18.9. The van der Waals surface area contributed by atoms with Crippen molar-refractivity contribution in [1.29, 1.82) is 0 Å². The molecule has 2 atom stereocenters. The van der Waals surface area contributed by atoms with E-state index in [9.17, 15) is 14.4 Å². The molecule has 0 spiro atoms. The van der Waals surface area contributed by atoms with Crippen LogP contribution >= 0.6 is 0 Å². The molecule has 0 aliphatic carbocycles. The molecule has 1 saturated heterocycles. The first-order chi connectivity index (χ1) is 15.3. The summed E-state index contributed by atoms with van der Waals surface area (Å²) >= 11 is 0. The fraction of sp³-hybridized carbons (Fsp3) is 0.591. The number of carboxylic acids is 1. The van der Waals surface area contributed by atoms with Gasteiger partial charge in [-0.2, -0.15) is 0 Å². The number of carbonyl (C=O) groups excluding carboxylic acids is 2. The number of aliphatic carboxylic acids is 1. The van der Waals surface area contributed by atoms with Crippen LogP contribution in [-0.4, -0.2) is 85.8 Å². The van der Waals surface area contributed by atoms with Crippen molar-refractivity contribution < 1.29 is 33.7 Å². The Bertz CT molecular complexity index is 802. The van der Waals surface area contributed by atoms with Crippen LogP contribution in [0.4, 0.5) is 0 Å². The third-order valence-corrected chi connectivity index (χ3v) is 5.52. The average Bonchev–Trinajstić information content (AvgIpc) is 2.76. The molecule has 2 rings (SSSR count). The molecular weight excluding hydrogens is 418 g/mol. The second-order valence-corrected chi connectivity index (χ2v) is 7.71. The maximum atomic E-state index is 12.5. The molecule has 0 aromatic heterocycles. The van der Waals surface area contributed by atoms with Gasteiger partial charge in [-0.05, 0) is 24.1 Å². The third-order valence-electron chi connectivity index (χ3n) is 5.52. The van der Waals surface area contributed by atoms with Crippen molar-refractivity contribution in [3.05, 3.63) is 23.8 Å². The fourth-order valence-electron chi connectivity index (χ4n) is 4.09. The summed E-state index contributed by atoms with van der Waals surface area (Å²) in [5, 5.41) is 8.68. The van der Waals surface area contributed by atoms with Crippen molar-refractivity contribution in [3.8, 4) is 11.5 Å². The van der Waals surface area contributed by atoms with Crippen LogP contribution in [0.25, 0.3) is 0 Å². The monoisotopic (exact) mass is 451 g/mol. The Morgan fingerprint density at radius 3 is 2.47 bits per heavy atom. The molecule has 0 saturated carbocycles. The molecule has 1 fully saturated rings. The van der Waals surface area contributed by atoms with Crippen LogP contribution in [0.5, 0.6) is 11.5 Å². The quantitative estimate of drug-likeness (QED) is 0.482. The summed E-state index contributed by atoms with van der Waals surface area (Å²) in [6.45, 7) is 2.54. The third kappa shape index (κ3) is 6.83. The molecule has 1 aromatic carbocycles. The van der Waals surface area contributed by atoms with Gasteiger partial charge in [0, 0.05) is 38.1 Å². The SMILES string of the molecule is CCCC(c1ccc(OC)c(OC)c1)N1CCN(C(=O)COCC(=O)O)CC1CC(N)=O. The molecule has 1 aromatic rings. The molecular formula is C22H33N3O7. The van der Waals surface area contributed by atoms with Gasteiger partial charge in [-0.25, -0.2) is 4.79 Å². The van der Waals surface area contributed by atoms with Crippen molar-refractivity contribution in [2.45, 2.75) is 38.3 Å². The molecule has 10 heteroatoms. The largest absolute Gasteiger partial charge is 0.493 e. The van der Waals surface area contributed by atoms with E-state index in [-0.39, 0.29) is 31.0 Å². The molecule has 0 radical (unpaired) electrons. The average molecular weight is 452 g/mol. The maximum absolute atomic E-state index is 12.5. The van der Waals surface area contributed by atoms with Crippen molar-refractivity contribution in [2.24, 2.45) is 5.73 Å². The summed E-state index contributed by atoms with van der Waals surface area (Å²) < 4.78 is 15.7. The molecule has 2 unspecified atom stereocenters. The minimum absolute atomic E-state index is 0.00432. The summed E-state index contributed by atoms with van der Waals surface area (Å²) in [5.74, 6) is -0.622. The lowest BCUT2D eigenvalue weighted by Crippen LogP contribution is -2.57. The Labute approximate surface area is 188 Å². The predicted molar refractivity (Wildman–Crippen MR) is 117 cm³/mol. The number of ether oxygens (including phenoxy) is 3. The highest BCUT2D eigenvalue weighted by Crippen LogP contribution is 2.36. The fourth-order valence-corrected chi connectivity index (χ4v) is 4.09. The van der Waals surface area contributed by atoms with Crippen molar-refractivity contribution in [1.82, 2.24) is 9.80 Å². The predicted octanol–water partition coefficient (Wildman–Crippen LogP) is 1.03. The first-order valence-corrected chi connectivity index (χ1v) is 10.6. The number of carbonyl (C=O) groups is 3. The molecule has 1 aliphatic rings. The van der Waals surface area contributed by atoms with E-state index in [2.05, 4.69) is 11.8 Å². The molecule has 2 amide bonds. The van der Waals surface area contributed by atoms with Crippen molar-refractivity contribution in [3.63, 3.8) is 0 Å². The van der Waals surface area contributed by atoms with E-state index in [0.29, 0.717) is 31.1 Å². The number of rotatable bonds is 12. The number of nitrogens with zero attached hydrogens (tertiary/aromatic N) is 2. The Morgan fingerprint density at radius 2 is 1.88 bits per heavy atom. The second-order valence-electron chi connectivity index (χ2n) is 7.71. The lowest BCUT2D eigenvalue weighted by atomic mass is 9.95. The highest BCUT2D eigenvalue weighted by atomic mass is 16.5. The summed E-state index contributed by atoms with van der Waals surface area (Å²) in [5.41, 5.74) is 6.55. The van der Waals surface area contributed by atoms with Crippen LogP contribution in [0.3, 0.4) is 0 Å². The smallest absolute Gasteiger partial charge is 0.329 e. The van der Waals surface area contributed by atoms with Crippen LogP contribution in [0, 0.1) is 0 Å². The van der Waals surface area contributed by atoms with Crippen LogP contribution in [0.2, 0.25) is 0 Å². The molecule has 0 bridgehead atoms. The van der Waals surface area contributed by atoms with Crippen LogP contribution in [0.15, 0.2) is 18.2 Å². The number of primary amides is 1.